The molecule has 2 aromatic carbocycles. The van der Waals surface area contributed by atoms with Crippen molar-refractivity contribution in [3.05, 3.63) is 41.0 Å². The van der Waals surface area contributed by atoms with Gasteiger partial charge in [-0.3, -0.25) is 4.72 Å². The molecule has 7 heteroatoms. The predicted octanol–water partition coefficient (Wildman–Crippen LogP) is 4.03. The molecular formula is C21H28N2O4S. The number of ether oxygens (including phenoxy) is 2. The molecule has 0 bridgehead atoms. The Kier molecular flexibility index (Phi) is 5.74. The summed E-state index contributed by atoms with van der Waals surface area (Å²) in [5, 5.41) is 0. The first kappa shape index (κ1) is 20.3. The van der Waals surface area contributed by atoms with E-state index in [0.717, 1.165) is 42.7 Å². The molecule has 0 aliphatic carbocycles. The normalized spacial score (nSPS) is 14.2. The van der Waals surface area contributed by atoms with Gasteiger partial charge in [-0.1, -0.05) is 6.07 Å². The van der Waals surface area contributed by atoms with Gasteiger partial charge in [-0.05, 0) is 62.4 Å². The van der Waals surface area contributed by atoms with Crippen molar-refractivity contribution in [2.24, 2.45) is 0 Å². The largest absolute Gasteiger partial charge is 0.497 e. The number of nitrogens with zero attached hydrogens (tertiary/aromatic N) is 1. The van der Waals surface area contributed by atoms with Crippen molar-refractivity contribution in [3.8, 4) is 11.5 Å². The number of nitrogens with one attached hydrogen (secondary N) is 1. The smallest absolute Gasteiger partial charge is 0.265 e. The number of hydrogen-bond acceptors (Lipinski definition) is 5. The Morgan fingerprint density at radius 3 is 2.25 bits per heavy atom. The molecule has 1 heterocycles. The highest BCUT2D eigenvalue weighted by molar-refractivity contribution is 7.92. The molecule has 0 unspecified atom stereocenters. The summed E-state index contributed by atoms with van der Waals surface area (Å²) >= 11 is 0. The topological polar surface area (TPSA) is 67.9 Å². The first-order chi connectivity index (χ1) is 13.3. The van der Waals surface area contributed by atoms with Crippen LogP contribution in [0.5, 0.6) is 11.5 Å². The maximum Gasteiger partial charge on any atom is 0.265 e. The van der Waals surface area contributed by atoms with Crippen LogP contribution in [0, 0.1) is 20.8 Å². The van der Waals surface area contributed by atoms with Gasteiger partial charge >= 0.3 is 0 Å². The van der Waals surface area contributed by atoms with Gasteiger partial charge in [0.15, 0.2) is 0 Å². The Hall–Kier alpha value is -2.41. The minimum absolute atomic E-state index is 0.0523. The van der Waals surface area contributed by atoms with E-state index >= 15 is 0 Å². The summed E-state index contributed by atoms with van der Waals surface area (Å²) in [5.74, 6) is 0.728. The molecule has 1 N–H and O–H groups in total. The Bertz CT molecular complexity index is 980. The summed E-state index contributed by atoms with van der Waals surface area (Å²) in [5.41, 5.74) is 4.75. The number of aryl methyl sites for hydroxylation is 2. The average Bonchev–Trinajstić information content (AvgIpc) is 3.18. The van der Waals surface area contributed by atoms with E-state index in [4.69, 9.17) is 9.47 Å². The van der Waals surface area contributed by atoms with Gasteiger partial charge in [-0.15, -0.1) is 0 Å². The van der Waals surface area contributed by atoms with Crippen molar-refractivity contribution in [3.63, 3.8) is 0 Å². The standard InChI is InChI=1S/C21H28N2O4S/c1-14-12-15(2)21(23-10-6-7-11-23)16(3)20(14)22-28(24,25)19-13-17(26-4)8-9-18(19)27-5/h8-9,12-13,22H,6-7,10-11H2,1-5H3. The third-order valence-corrected chi connectivity index (χ3v) is 6.62. The van der Waals surface area contributed by atoms with Crippen LogP contribution in [0.25, 0.3) is 0 Å². The SMILES string of the molecule is COc1ccc(OC)c(S(=O)(=O)Nc2c(C)cc(C)c(N3CCCC3)c2C)c1. The first-order valence-electron chi connectivity index (χ1n) is 9.39. The van der Waals surface area contributed by atoms with E-state index in [1.54, 1.807) is 12.1 Å². The monoisotopic (exact) mass is 404 g/mol. The summed E-state index contributed by atoms with van der Waals surface area (Å²) in [6.07, 6.45) is 2.32. The Morgan fingerprint density at radius 1 is 0.964 bits per heavy atom. The molecule has 1 aliphatic heterocycles. The molecular weight excluding hydrogens is 376 g/mol. The van der Waals surface area contributed by atoms with Gasteiger partial charge in [-0.2, -0.15) is 0 Å². The molecule has 0 atom stereocenters. The molecule has 28 heavy (non-hydrogen) atoms. The highest BCUT2D eigenvalue weighted by Gasteiger charge is 2.25. The maximum absolute atomic E-state index is 13.2. The van der Waals surface area contributed by atoms with Gasteiger partial charge < -0.3 is 14.4 Å². The number of methoxy groups -OCH3 is 2. The van der Waals surface area contributed by atoms with Crippen LogP contribution in [0.4, 0.5) is 11.4 Å². The Morgan fingerprint density at radius 2 is 1.64 bits per heavy atom. The van der Waals surface area contributed by atoms with Crippen molar-refractivity contribution in [1.82, 2.24) is 0 Å². The van der Waals surface area contributed by atoms with Gasteiger partial charge in [-0.25, -0.2) is 8.42 Å². The van der Waals surface area contributed by atoms with Crippen LogP contribution >= 0.6 is 0 Å². The second-order valence-corrected chi connectivity index (χ2v) is 8.83. The van der Waals surface area contributed by atoms with Crippen molar-refractivity contribution in [2.75, 3.05) is 36.9 Å². The molecule has 0 saturated carbocycles. The zero-order valence-electron chi connectivity index (χ0n) is 17.1. The number of anilines is 2. The van der Waals surface area contributed by atoms with Crippen LogP contribution in [-0.4, -0.2) is 35.7 Å². The summed E-state index contributed by atoms with van der Waals surface area (Å²) in [4.78, 5) is 2.39. The molecule has 1 saturated heterocycles. The van der Waals surface area contributed by atoms with Crippen LogP contribution < -0.4 is 19.1 Å². The van der Waals surface area contributed by atoms with E-state index in [9.17, 15) is 8.42 Å². The van der Waals surface area contributed by atoms with E-state index in [2.05, 4.69) is 16.5 Å². The van der Waals surface area contributed by atoms with Crippen molar-refractivity contribution in [1.29, 1.82) is 0 Å². The summed E-state index contributed by atoms with van der Waals surface area (Å²) < 4.78 is 39.7. The molecule has 0 amide bonds. The van der Waals surface area contributed by atoms with E-state index in [1.807, 2.05) is 19.9 Å². The van der Waals surface area contributed by atoms with Crippen molar-refractivity contribution >= 4 is 21.4 Å². The highest BCUT2D eigenvalue weighted by atomic mass is 32.2. The van der Waals surface area contributed by atoms with Gasteiger partial charge in [0.25, 0.3) is 10.0 Å². The average molecular weight is 405 g/mol. The minimum atomic E-state index is -3.86. The minimum Gasteiger partial charge on any atom is -0.497 e. The van der Waals surface area contributed by atoms with E-state index in [0.29, 0.717) is 11.4 Å². The van der Waals surface area contributed by atoms with E-state index < -0.39 is 10.0 Å². The fourth-order valence-corrected chi connectivity index (χ4v) is 5.32. The van der Waals surface area contributed by atoms with Crippen LogP contribution in [0.3, 0.4) is 0 Å². The molecule has 6 nitrogen and oxygen atoms in total. The van der Waals surface area contributed by atoms with Gasteiger partial charge in [0.1, 0.15) is 16.4 Å². The van der Waals surface area contributed by atoms with Crippen LogP contribution in [0.1, 0.15) is 29.5 Å². The lowest BCUT2D eigenvalue weighted by molar-refractivity contribution is 0.392. The van der Waals surface area contributed by atoms with E-state index in [-0.39, 0.29) is 10.6 Å². The lowest BCUT2D eigenvalue weighted by Crippen LogP contribution is -2.22. The number of hydrogen-bond donors (Lipinski definition) is 1. The zero-order valence-corrected chi connectivity index (χ0v) is 17.9. The molecule has 1 fully saturated rings. The fraction of sp³-hybridized carbons (Fsp3) is 0.429. The molecule has 2 aromatic rings. The first-order valence-corrected chi connectivity index (χ1v) is 10.9. The highest BCUT2D eigenvalue weighted by Crippen LogP contribution is 2.37. The van der Waals surface area contributed by atoms with Crippen LogP contribution in [0.15, 0.2) is 29.2 Å². The summed E-state index contributed by atoms with van der Waals surface area (Å²) in [7, 11) is -0.905. The van der Waals surface area contributed by atoms with Crippen LogP contribution in [0.2, 0.25) is 0 Å². The van der Waals surface area contributed by atoms with Crippen molar-refractivity contribution < 1.29 is 17.9 Å². The van der Waals surface area contributed by atoms with Gasteiger partial charge in [0.2, 0.25) is 0 Å². The molecule has 1 aliphatic rings. The number of benzene rings is 2. The lowest BCUT2D eigenvalue weighted by Gasteiger charge is -2.26. The third kappa shape index (κ3) is 3.76. The number of rotatable bonds is 6. The molecule has 0 radical (unpaired) electrons. The zero-order chi connectivity index (χ0) is 20.5. The predicted molar refractivity (Wildman–Crippen MR) is 112 cm³/mol. The second-order valence-electron chi connectivity index (χ2n) is 7.18. The summed E-state index contributed by atoms with van der Waals surface area (Å²) in [6, 6.07) is 6.78. The Labute approximate surface area is 167 Å². The lowest BCUT2D eigenvalue weighted by atomic mass is 10.0. The quantitative estimate of drug-likeness (QED) is 0.787. The molecule has 0 spiro atoms. The second kappa shape index (κ2) is 7.91. The van der Waals surface area contributed by atoms with Gasteiger partial charge in [0, 0.05) is 24.8 Å². The number of sulfonamides is 1. The van der Waals surface area contributed by atoms with Crippen molar-refractivity contribution in [2.45, 2.75) is 38.5 Å². The third-order valence-electron chi connectivity index (χ3n) is 5.25. The van der Waals surface area contributed by atoms with E-state index in [1.165, 1.54) is 25.8 Å². The van der Waals surface area contributed by atoms with Gasteiger partial charge in [0.05, 0.1) is 19.9 Å². The molecule has 152 valence electrons. The summed E-state index contributed by atoms with van der Waals surface area (Å²) in [6.45, 7) is 7.99. The molecule has 0 aromatic heterocycles. The fourth-order valence-electron chi connectivity index (χ4n) is 3.94. The van der Waals surface area contributed by atoms with Crippen LogP contribution in [-0.2, 0) is 10.0 Å². The molecule has 3 rings (SSSR count). The maximum atomic E-state index is 13.2. The Balaban J connectivity index is 2.07.